The molecule has 0 aromatic heterocycles. The van der Waals surface area contributed by atoms with Gasteiger partial charge in [0.05, 0.1) is 26.6 Å². The molecule has 10 heteroatoms. The number of carbonyl (C=O) groups is 3. The Morgan fingerprint density at radius 2 is 1.33 bits per heavy atom. The molecule has 1 atom stereocenters. The second kappa shape index (κ2) is 15.5. The van der Waals surface area contributed by atoms with E-state index in [-0.39, 0.29) is 16.9 Å². The van der Waals surface area contributed by atoms with E-state index in [0.717, 1.165) is 16.1 Å². The van der Waals surface area contributed by atoms with Crippen LogP contribution in [0.2, 0.25) is 0 Å². The van der Waals surface area contributed by atoms with E-state index in [4.69, 9.17) is 14.2 Å². The van der Waals surface area contributed by atoms with Crippen LogP contribution in [0.15, 0.2) is 102 Å². The summed E-state index contributed by atoms with van der Waals surface area (Å²) in [6.07, 6.45) is 1.53. The zero-order valence-corrected chi connectivity index (χ0v) is 26.5. The fraction of sp³-hybridized carbons (Fsp3) is 0.171. The van der Waals surface area contributed by atoms with Gasteiger partial charge in [0.1, 0.15) is 5.70 Å². The number of methoxy groups -OCH3 is 3. The van der Waals surface area contributed by atoms with E-state index in [9.17, 15) is 14.4 Å². The zero-order valence-electron chi connectivity index (χ0n) is 25.7. The number of aryl methyl sites for hydroxylation is 1. The second-order valence-electron chi connectivity index (χ2n) is 9.93. The third-order valence-electron chi connectivity index (χ3n) is 6.64. The highest BCUT2D eigenvalue weighted by Crippen LogP contribution is 2.38. The third kappa shape index (κ3) is 8.90. The van der Waals surface area contributed by atoms with Crippen molar-refractivity contribution in [3.05, 3.63) is 113 Å². The molecule has 4 rings (SSSR count). The van der Waals surface area contributed by atoms with Crippen LogP contribution < -0.4 is 30.2 Å². The maximum Gasteiger partial charge on any atom is 0.272 e. The highest BCUT2D eigenvalue weighted by molar-refractivity contribution is 8.00. The summed E-state index contributed by atoms with van der Waals surface area (Å²) in [5.74, 6) is 0.0842. The quantitative estimate of drug-likeness (QED) is 0.121. The molecule has 4 aromatic rings. The summed E-state index contributed by atoms with van der Waals surface area (Å²) < 4.78 is 16.3. The lowest BCUT2D eigenvalue weighted by atomic mass is 10.1. The van der Waals surface area contributed by atoms with Gasteiger partial charge < -0.3 is 30.2 Å². The minimum atomic E-state index is -0.542. The van der Waals surface area contributed by atoms with Gasteiger partial charge in [-0.1, -0.05) is 35.9 Å². The number of ether oxygens (including phenoxy) is 3. The Balaban J connectivity index is 1.51. The highest BCUT2D eigenvalue weighted by atomic mass is 32.2. The van der Waals surface area contributed by atoms with Crippen molar-refractivity contribution in [1.82, 2.24) is 5.32 Å². The van der Waals surface area contributed by atoms with E-state index in [1.54, 1.807) is 54.6 Å². The molecule has 4 aromatic carbocycles. The molecule has 0 radical (unpaired) electrons. The standard InChI is InChI=1S/C35H35N3O6S/c1-22-11-13-26(14-12-22)36-33(39)23(2)45-28-17-15-27(16-18-28)37-35(41)29(38-34(40)25-9-7-6-8-10-25)19-24-20-30(42-3)32(44-5)31(21-24)43-4/h6-21,23H,1-5H3,(H,36,39)(H,37,41)(H,38,40)/b29-19-. The Bertz CT molecular complexity index is 1650. The minimum absolute atomic E-state index is 0.00187. The average Bonchev–Trinajstić information content (AvgIpc) is 3.06. The molecule has 9 nitrogen and oxygen atoms in total. The van der Waals surface area contributed by atoms with E-state index in [2.05, 4.69) is 16.0 Å². The Hall–Kier alpha value is -5.22. The Labute approximate surface area is 267 Å². The van der Waals surface area contributed by atoms with Gasteiger partial charge in [-0.15, -0.1) is 11.8 Å². The minimum Gasteiger partial charge on any atom is -0.493 e. The smallest absolute Gasteiger partial charge is 0.272 e. The maximum absolute atomic E-state index is 13.5. The molecule has 0 fully saturated rings. The average molecular weight is 626 g/mol. The highest BCUT2D eigenvalue weighted by Gasteiger charge is 2.19. The molecule has 0 spiro atoms. The van der Waals surface area contributed by atoms with Gasteiger partial charge in [-0.3, -0.25) is 14.4 Å². The number of benzene rings is 4. The van der Waals surface area contributed by atoms with E-state index >= 15 is 0 Å². The number of hydrogen-bond donors (Lipinski definition) is 3. The molecule has 3 amide bonds. The van der Waals surface area contributed by atoms with Crippen LogP contribution in [0.25, 0.3) is 6.08 Å². The van der Waals surface area contributed by atoms with Gasteiger partial charge >= 0.3 is 0 Å². The first-order chi connectivity index (χ1) is 21.7. The van der Waals surface area contributed by atoms with Crippen LogP contribution in [-0.2, 0) is 9.59 Å². The first kappa shape index (κ1) is 32.7. The van der Waals surface area contributed by atoms with Gasteiger partial charge in [0, 0.05) is 21.8 Å². The molecular formula is C35H35N3O6S. The Morgan fingerprint density at radius 1 is 0.756 bits per heavy atom. The summed E-state index contributed by atoms with van der Waals surface area (Å²) >= 11 is 1.40. The third-order valence-corrected chi connectivity index (χ3v) is 7.75. The summed E-state index contributed by atoms with van der Waals surface area (Å²) in [6, 6.07) is 26.7. The van der Waals surface area contributed by atoms with Crippen LogP contribution >= 0.6 is 11.8 Å². The molecule has 0 bridgehead atoms. The topological polar surface area (TPSA) is 115 Å². The molecule has 0 saturated heterocycles. The lowest BCUT2D eigenvalue weighted by Crippen LogP contribution is -2.30. The zero-order chi connectivity index (χ0) is 32.3. The van der Waals surface area contributed by atoms with Crippen molar-refractivity contribution in [2.24, 2.45) is 0 Å². The molecule has 45 heavy (non-hydrogen) atoms. The molecule has 232 valence electrons. The van der Waals surface area contributed by atoms with Crippen LogP contribution in [0, 0.1) is 6.92 Å². The number of rotatable bonds is 12. The first-order valence-corrected chi connectivity index (χ1v) is 14.9. The van der Waals surface area contributed by atoms with Gasteiger partial charge in [-0.05, 0) is 86.2 Å². The first-order valence-electron chi connectivity index (χ1n) is 14.0. The Morgan fingerprint density at radius 3 is 1.91 bits per heavy atom. The fourth-order valence-corrected chi connectivity index (χ4v) is 5.11. The number of hydrogen-bond acceptors (Lipinski definition) is 7. The number of nitrogens with one attached hydrogen (secondary N) is 3. The number of anilines is 2. The SMILES string of the molecule is COc1cc(/C=C(\NC(=O)c2ccccc2)C(=O)Nc2ccc(SC(C)C(=O)Nc3ccc(C)cc3)cc2)cc(OC)c1OC. The van der Waals surface area contributed by atoms with E-state index in [1.807, 2.05) is 50.2 Å². The largest absolute Gasteiger partial charge is 0.493 e. The molecule has 3 N–H and O–H groups in total. The molecule has 0 heterocycles. The van der Waals surface area contributed by atoms with Crippen LogP contribution in [0.5, 0.6) is 17.2 Å². The van der Waals surface area contributed by atoms with Crippen molar-refractivity contribution in [3.63, 3.8) is 0 Å². The second-order valence-corrected chi connectivity index (χ2v) is 11.3. The van der Waals surface area contributed by atoms with Crippen molar-refractivity contribution in [2.45, 2.75) is 24.0 Å². The molecule has 0 aliphatic heterocycles. The van der Waals surface area contributed by atoms with Crippen molar-refractivity contribution in [1.29, 1.82) is 0 Å². The molecule has 0 aliphatic carbocycles. The van der Waals surface area contributed by atoms with Crippen molar-refractivity contribution >= 4 is 46.9 Å². The van der Waals surface area contributed by atoms with E-state index < -0.39 is 11.8 Å². The number of carbonyl (C=O) groups excluding carboxylic acids is 3. The lowest BCUT2D eigenvalue weighted by molar-refractivity contribution is -0.115. The van der Waals surface area contributed by atoms with Crippen LogP contribution in [0.1, 0.15) is 28.4 Å². The molecule has 1 unspecified atom stereocenters. The van der Waals surface area contributed by atoms with Crippen LogP contribution in [0.4, 0.5) is 11.4 Å². The Kier molecular flexibility index (Phi) is 11.3. The number of thioether (sulfide) groups is 1. The predicted molar refractivity (Wildman–Crippen MR) is 178 cm³/mol. The van der Waals surface area contributed by atoms with Crippen molar-refractivity contribution in [3.8, 4) is 17.2 Å². The van der Waals surface area contributed by atoms with Crippen molar-refractivity contribution in [2.75, 3.05) is 32.0 Å². The summed E-state index contributed by atoms with van der Waals surface area (Å²) in [7, 11) is 4.49. The summed E-state index contributed by atoms with van der Waals surface area (Å²) in [5, 5.41) is 8.14. The van der Waals surface area contributed by atoms with Crippen molar-refractivity contribution < 1.29 is 28.6 Å². The summed E-state index contributed by atoms with van der Waals surface area (Å²) in [6.45, 7) is 3.82. The van der Waals surface area contributed by atoms with Crippen LogP contribution in [0.3, 0.4) is 0 Å². The summed E-state index contributed by atoms with van der Waals surface area (Å²) in [5.41, 5.74) is 3.29. The van der Waals surface area contributed by atoms with E-state index in [0.29, 0.717) is 34.1 Å². The van der Waals surface area contributed by atoms with Gasteiger partial charge in [0.2, 0.25) is 11.7 Å². The normalized spacial score (nSPS) is 11.6. The van der Waals surface area contributed by atoms with Crippen LogP contribution in [-0.4, -0.2) is 44.3 Å². The van der Waals surface area contributed by atoms with Gasteiger partial charge in [0.25, 0.3) is 11.8 Å². The van der Waals surface area contributed by atoms with Gasteiger partial charge in [-0.2, -0.15) is 0 Å². The fourth-order valence-electron chi connectivity index (χ4n) is 4.25. The maximum atomic E-state index is 13.5. The molecular weight excluding hydrogens is 590 g/mol. The van der Waals surface area contributed by atoms with E-state index in [1.165, 1.54) is 39.2 Å². The molecule has 0 saturated carbocycles. The number of amides is 3. The molecule has 0 aliphatic rings. The van der Waals surface area contributed by atoms with Gasteiger partial charge in [-0.25, -0.2) is 0 Å². The monoisotopic (exact) mass is 625 g/mol. The summed E-state index contributed by atoms with van der Waals surface area (Å²) in [4.78, 5) is 40.1. The lowest BCUT2D eigenvalue weighted by Gasteiger charge is -2.15. The predicted octanol–water partition coefficient (Wildman–Crippen LogP) is 6.55. The van der Waals surface area contributed by atoms with Gasteiger partial charge in [0.15, 0.2) is 11.5 Å².